The van der Waals surface area contributed by atoms with Gasteiger partial charge in [-0.2, -0.15) is 26.3 Å². The van der Waals surface area contributed by atoms with E-state index >= 15 is 0 Å². The smallest absolute Gasteiger partial charge is 0.416 e. The summed E-state index contributed by atoms with van der Waals surface area (Å²) >= 11 is 0. The fourth-order valence-corrected chi connectivity index (χ4v) is 4.41. The molecule has 0 spiro atoms. The van der Waals surface area contributed by atoms with Crippen molar-refractivity contribution in [3.05, 3.63) is 82.4 Å². The van der Waals surface area contributed by atoms with Crippen molar-refractivity contribution in [2.45, 2.75) is 51.9 Å². The summed E-state index contributed by atoms with van der Waals surface area (Å²) in [7, 11) is 1.24. The van der Waals surface area contributed by atoms with Crippen molar-refractivity contribution < 1.29 is 49.9 Å². The first-order valence-corrected chi connectivity index (χ1v) is 12.8. The lowest BCUT2D eigenvalue weighted by atomic mass is 9.81. The Balaban J connectivity index is 2.16. The van der Waals surface area contributed by atoms with E-state index in [0.717, 1.165) is 17.2 Å². The predicted molar refractivity (Wildman–Crippen MR) is 143 cm³/mol. The molecule has 230 valence electrons. The highest BCUT2D eigenvalue weighted by Gasteiger charge is 2.41. The molecule has 2 aromatic carbocycles. The van der Waals surface area contributed by atoms with E-state index in [0.29, 0.717) is 23.3 Å². The van der Waals surface area contributed by atoms with Crippen LogP contribution in [0.5, 0.6) is 0 Å². The number of hydrogen-bond acceptors (Lipinski definition) is 5. The molecule has 3 rings (SSSR count). The molecular weight excluding hydrogens is 585 g/mol. The van der Waals surface area contributed by atoms with E-state index in [1.807, 2.05) is 0 Å². The van der Waals surface area contributed by atoms with Crippen LogP contribution in [-0.4, -0.2) is 36.3 Å². The Hall–Kier alpha value is -4.29. The maximum absolute atomic E-state index is 13.9. The van der Waals surface area contributed by atoms with Gasteiger partial charge >= 0.3 is 18.3 Å². The van der Waals surface area contributed by atoms with Gasteiger partial charge in [0, 0.05) is 12.6 Å². The number of alkyl halides is 6. The fraction of sp³-hybridized carbons (Fsp3) is 0.333. The predicted octanol–water partition coefficient (Wildman–Crippen LogP) is 7.31. The van der Waals surface area contributed by atoms with E-state index in [9.17, 15) is 45.1 Å². The molecule has 0 aliphatic rings. The number of aromatic nitrogens is 1. The Morgan fingerprint density at radius 3 is 1.93 bits per heavy atom. The highest BCUT2D eigenvalue weighted by Crippen LogP contribution is 2.41. The summed E-state index contributed by atoms with van der Waals surface area (Å²) < 4.78 is 99.9. The number of rotatable bonds is 8. The minimum Gasteiger partial charge on any atom is -0.466 e. The number of likely N-dealkylation sites (N-methyl/N-ethyl adjacent to an activating group) is 1. The lowest BCUT2D eigenvalue weighted by Gasteiger charge is -2.32. The first kappa shape index (κ1) is 33.2. The largest absolute Gasteiger partial charge is 0.466 e. The van der Waals surface area contributed by atoms with Gasteiger partial charge in [-0.1, -0.05) is 6.07 Å². The number of anilines is 1. The molecule has 1 aromatic heterocycles. The quantitative estimate of drug-likeness (QED) is 0.115. The van der Waals surface area contributed by atoms with Gasteiger partial charge in [-0.15, -0.1) is 0 Å². The molecule has 1 amide bonds. The third kappa shape index (κ3) is 7.38. The number of amides is 1. The standard InChI is InChI=1S/C30H27F7N2O4/c1-6-43-26(41)14-25(40)23-13-22(21-8-7-20(31)9-16(21)2)24(15-38-23)39(5)27(42)28(3,4)17-10-18(29(32,33)34)12-19(11-17)30(35,36)37/h7-13,15H,6,14H2,1-5H3. The van der Waals surface area contributed by atoms with Crippen LogP contribution >= 0.6 is 0 Å². The number of hydrogen-bond donors (Lipinski definition) is 0. The van der Waals surface area contributed by atoms with E-state index in [2.05, 4.69) is 4.98 Å². The van der Waals surface area contributed by atoms with E-state index in [1.165, 1.54) is 39.1 Å². The van der Waals surface area contributed by atoms with Crippen molar-refractivity contribution in [3.63, 3.8) is 0 Å². The highest BCUT2D eigenvalue weighted by atomic mass is 19.4. The molecule has 0 bridgehead atoms. The van der Waals surface area contributed by atoms with Crippen LogP contribution in [0.15, 0.2) is 48.7 Å². The van der Waals surface area contributed by atoms with Gasteiger partial charge in [-0.05, 0) is 80.8 Å². The first-order chi connectivity index (χ1) is 19.8. The molecule has 13 heteroatoms. The van der Waals surface area contributed by atoms with Crippen LogP contribution in [-0.2, 0) is 32.1 Å². The van der Waals surface area contributed by atoms with Crippen LogP contribution in [0.3, 0.4) is 0 Å². The number of carbonyl (C=O) groups excluding carboxylic acids is 3. The number of benzene rings is 2. The number of carbonyl (C=O) groups is 3. The average molecular weight is 613 g/mol. The topological polar surface area (TPSA) is 76.6 Å². The zero-order valence-electron chi connectivity index (χ0n) is 23.7. The van der Waals surface area contributed by atoms with Crippen LogP contribution in [0, 0.1) is 12.7 Å². The molecule has 0 saturated heterocycles. The summed E-state index contributed by atoms with van der Waals surface area (Å²) in [5.41, 5.74) is -4.89. The van der Waals surface area contributed by atoms with Crippen molar-refractivity contribution >= 4 is 23.3 Å². The summed E-state index contributed by atoms with van der Waals surface area (Å²) in [4.78, 5) is 43.4. The van der Waals surface area contributed by atoms with Crippen LogP contribution in [0.1, 0.15) is 59.9 Å². The van der Waals surface area contributed by atoms with Gasteiger partial charge in [-0.3, -0.25) is 19.4 Å². The summed E-state index contributed by atoms with van der Waals surface area (Å²) in [6.07, 6.45) is -9.77. The normalized spacial score (nSPS) is 12.2. The Morgan fingerprint density at radius 1 is 0.860 bits per heavy atom. The van der Waals surface area contributed by atoms with Gasteiger partial charge in [0.05, 0.1) is 35.0 Å². The molecule has 0 N–H and O–H groups in total. The van der Waals surface area contributed by atoms with Crippen molar-refractivity contribution in [2.24, 2.45) is 0 Å². The van der Waals surface area contributed by atoms with Gasteiger partial charge in [0.25, 0.3) is 0 Å². The van der Waals surface area contributed by atoms with E-state index in [1.54, 1.807) is 13.8 Å². The third-order valence-electron chi connectivity index (χ3n) is 6.77. The molecule has 1 heterocycles. The number of ether oxygens (including phenoxy) is 1. The minimum absolute atomic E-state index is 0.0171. The Kier molecular flexibility index (Phi) is 9.37. The van der Waals surface area contributed by atoms with Crippen molar-refractivity contribution in [3.8, 4) is 11.1 Å². The van der Waals surface area contributed by atoms with Crippen LogP contribution < -0.4 is 4.90 Å². The molecule has 3 aromatic rings. The molecule has 0 radical (unpaired) electrons. The Morgan fingerprint density at radius 2 is 1.42 bits per heavy atom. The number of esters is 1. The van der Waals surface area contributed by atoms with Crippen molar-refractivity contribution in [1.82, 2.24) is 4.98 Å². The SMILES string of the molecule is CCOC(=O)CC(=O)c1cc(-c2ccc(F)cc2C)c(N(C)C(=O)C(C)(C)c2cc(C(F)(F)F)cc(C(F)(F)F)c2)cn1. The van der Waals surface area contributed by atoms with E-state index < -0.39 is 64.4 Å². The van der Waals surface area contributed by atoms with Crippen LogP contribution in [0.4, 0.5) is 36.4 Å². The number of nitrogens with zero attached hydrogens (tertiary/aromatic N) is 2. The van der Waals surface area contributed by atoms with E-state index in [4.69, 9.17) is 4.74 Å². The van der Waals surface area contributed by atoms with Crippen molar-refractivity contribution in [1.29, 1.82) is 0 Å². The Bertz CT molecular complexity index is 1530. The van der Waals surface area contributed by atoms with Gasteiger partial charge < -0.3 is 9.64 Å². The van der Waals surface area contributed by atoms with Crippen LogP contribution in [0.25, 0.3) is 11.1 Å². The lowest BCUT2D eigenvalue weighted by Crippen LogP contribution is -2.42. The zero-order valence-corrected chi connectivity index (χ0v) is 23.7. The van der Waals surface area contributed by atoms with Gasteiger partial charge in [0.15, 0.2) is 5.78 Å². The zero-order chi connectivity index (χ0) is 32.5. The lowest BCUT2D eigenvalue weighted by molar-refractivity contribution is -0.144. The first-order valence-electron chi connectivity index (χ1n) is 12.8. The molecule has 0 aliphatic heterocycles. The molecule has 6 nitrogen and oxygen atoms in total. The number of aryl methyl sites for hydroxylation is 1. The van der Waals surface area contributed by atoms with Gasteiger partial charge in [0.1, 0.15) is 17.9 Å². The Labute approximate surface area is 242 Å². The molecule has 43 heavy (non-hydrogen) atoms. The molecule has 0 unspecified atom stereocenters. The monoisotopic (exact) mass is 612 g/mol. The maximum atomic E-state index is 13.9. The molecule has 0 saturated carbocycles. The van der Waals surface area contributed by atoms with Gasteiger partial charge in [-0.25, -0.2) is 4.39 Å². The van der Waals surface area contributed by atoms with Gasteiger partial charge in [0.2, 0.25) is 5.91 Å². The summed E-state index contributed by atoms with van der Waals surface area (Å²) in [6, 6.07) is 5.89. The summed E-state index contributed by atoms with van der Waals surface area (Å²) in [5.74, 6) is -3.00. The van der Waals surface area contributed by atoms with Crippen LogP contribution in [0.2, 0.25) is 0 Å². The molecule has 0 aliphatic carbocycles. The number of pyridine rings is 1. The number of Topliss-reactive ketones (excluding diaryl/α,β-unsaturated/α-hetero) is 1. The third-order valence-corrected chi connectivity index (χ3v) is 6.77. The summed E-state index contributed by atoms with van der Waals surface area (Å²) in [5, 5.41) is 0. The second-order valence-corrected chi connectivity index (χ2v) is 10.2. The van der Waals surface area contributed by atoms with Crippen molar-refractivity contribution in [2.75, 3.05) is 18.6 Å². The fourth-order valence-electron chi connectivity index (χ4n) is 4.41. The average Bonchev–Trinajstić information content (AvgIpc) is 2.90. The molecule has 0 atom stereocenters. The van der Waals surface area contributed by atoms with E-state index in [-0.39, 0.29) is 29.6 Å². The second kappa shape index (κ2) is 12.1. The molecule has 0 fully saturated rings. The number of halogens is 7. The second-order valence-electron chi connectivity index (χ2n) is 10.2. The number of ketones is 1. The maximum Gasteiger partial charge on any atom is 0.416 e. The minimum atomic E-state index is -5.12. The summed E-state index contributed by atoms with van der Waals surface area (Å²) in [6.45, 7) is 5.50. The molecular formula is C30H27F7N2O4. The highest BCUT2D eigenvalue weighted by molar-refractivity contribution is 6.07.